The van der Waals surface area contributed by atoms with Gasteiger partial charge in [0.05, 0.1) is 17.3 Å². The van der Waals surface area contributed by atoms with E-state index in [1.54, 1.807) is 6.92 Å². The van der Waals surface area contributed by atoms with Crippen LogP contribution in [0.3, 0.4) is 0 Å². The number of hydrogen-bond acceptors (Lipinski definition) is 13. The first-order chi connectivity index (χ1) is 12.9. The van der Waals surface area contributed by atoms with Crippen molar-refractivity contribution in [1.29, 1.82) is 0 Å². The molecule has 0 saturated carbocycles. The van der Waals surface area contributed by atoms with Gasteiger partial charge in [0.15, 0.2) is 0 Å². The number of anilines is 2. The van der Waals surface area contributed by atoms with Gasteiger partial charge in [-0.3, -0.25) is 0 Å². The number of ether oxygens (including phenoxy) is 2. The van der Waals surface area contributed by atoms with E-state index in [0.717, 1.165) is 23.5 Å². The number of thioether (sulfide) groups is 2. The van der Waals surface area contributed by atoms with Crippen molar-refractivity contribution in [2.45, 2.75) is 22.8 Å². The van der Waals surface area contributed by atoms with E-state index < -0.39 is 23.3 Å². The van der Waals surface area contributed by atoms with Gasteiger partial charge in [0.1, 0.15) is 0 Å². The van der Waals surface area contributed by atoms with Gasteiger partial charge in [0.25, 0.3) is 5.60 Å². The van der Waals surface area contributed by atoms with Gasteiger partial charge in [0.2, 0.25) is 28.0 Å². The number of hydrogen-bond donors (Lipinski definition) is 5. The number of aromatic amines is 2. The van der Waals surface area contributed by atoms with Crippen molar-refractivity contribution in [3.8, 4) is 0 Å². The Hall–Kier alpha value is -2.94. The summed E-state index contributed by atoms with van der Waals surface area (Å²) in [6.45, 7) is 1.63. The summed E-state index contributed by atoms with van der Waals surface area (Å²) in [6, 6.07) is 0. The van der Waals surface area contributed by atoms with E-state index in [-0.39, 0.29) is 39.5 Å². The topological polar surface area (TPSA) is 208 Å². The number of nitrogen functional groups attached to an aromatic ring is 2. The van der Waals surface area contributed by atoms with Crippen LogP contribution in [-0.4, -0.2) is 65.4 Å². The smallest absolute Gasteiger partial charge is 0.375 e. The van der Waals surface area contributed by atoms with Crippen LogP contribution in [0.5, 0.6) is 0 Å². The highest BCUT2D eigenvalue weighted by Gasteiger charge is 2.56. The number of nitrogens with zero attached hydrogens (tertiary/aromatic N) is 4. The van der Waals surface area contributed by atoms with Gasteiger partial charge >= 0.3 is 11.9 Å². The predicted octanol–water partition coefficient (Wildman–Crippen LogP) is -0.400. The average Bonchev–Trinajstić information content (AvgIpc) is 3.29. The maximum Gasteiger partial charge on any atom is 0.375 e. The van der Waals surface area contributed by atoms with Crippen LogP contribution < -0.4 is 11.5 Å². The second-order valence-corrected chi connectivity index (χ2v) is 6.93. The number of cyclic esters (lactones) is 1. The Morgan fingerprint density at radius 2 is 1.89 bits per heavy atom. The standard InChI is InChI=1S/C12H14N8O5S2/c1-2-24-7(23)12(3-26-10-15-8(13)17-19-10)5(4(21)6(22)25-12)27-11-16-9(14)18-20-11/h21H,2-3H2,1H3,(H3,13,15,17,19)(H3,14,16,18,20). The Labute approximate surface area is 159 Å². The van der Waals surface area contributed by atoms with Crippen LogP contribution in [-0.2, 0) is 19.1 Å². The third-order valence-electron chi connectivity index (χ3n) is 3.21. The molecular weight excluding hydrogens is 400 g/mol. The number of nitrogens with two attached hydrogens (primary N) is 2. The summed E-state index contributed by atoms with van der Waals surface area (Å²) >= 11 is 1.72. The van der Waals surface area contributed by atoms with E-state index in [2.05, 4.69) is 30.4 Å². The highest BCUT2D eigenvalue weighted by atomic mass is 32.2. The molecule has 13 nitrogen and oxygen atoms in total. The number of carbonyl (C=O) groups is 2. The fourth-order valence-corrected chi connectivity index (χ4v) is 4.07. The third-order valence-corrected chi connectivity index (χ3v) is 5.29. The highest BCUT2D eigenvalue weighted by Crippen LogP contribution is 2.45. The van der Waals surface area contributed by atoms with E-state index in [9.17, 15) is 14.7 Å². The zero-order chi connectivity index (χ0) is 19.6. The number of aromatic nitrogens is 6. The second-order valence-electron chi connectivity index (χ2n) is 5.01. The van der Waals surface area contributed by atoms with Crippen LogP contribution in [0, 0.1) is 0 Å². The predicted molar refractivity (Wildman–Crippen MR) is 93.3 cm³/mol. The molecule has 3 rings (SSSR count). The van der Waals surface area contributed by atoms with Gasteiger partial charge in [-0.05, 0) is 18.7 Å². The van der Waals surface area contributed by atoms with Gasteiger partial charge in [-0.25, -0.2) is 19.8 Å². The quantitative estimate of drug-likeness (QED) is 0.289. The molecular formula is C12H14N8O5S2. The lowest BCUT2D eigenvalue weighted by molar-refractivity contribution is -0.169. The highest BCUT2D eigenvalue weighted by molar-refractivity contribution is 8.03. The van der Waals surface area contributed by atoms with E-state index in [0.29, 0.717) is 0 Å². The summed E-state index contributed by atoms with van der Waals surface area (Å²) < 4.78 is 10.3. The molecule has 2 aromatic rings. The molecule has 3 heterocycles. The first-order valence-corrected chi connectivity index (χ1v) is 9.16. The van der Waals surface area contributed by atoms with Crippen LogP contribution in [0.2, 0.25) is 0 Å². The summed E-state index contributed by atoms with van der Waals surface area (Å²) in [7, 11) is 0. The van der Waals surface area contributed by atoms with E-state index in [1.807, 2.05) is 0 Å². The van der Waals surface area contributed by atoms with Crippen molar-refractivity contribution in [3.63, 3.8) is 0 Å². The first kappa shape index (κ1) is 18.8. The number of carbonyl (C=O) groups excluding carboxylic acids is 2. The van der Waals surface area contributed by atoms with Crippen LogP contribution in [0.25, 0.3) is 0 Å². The largest absolute Gasteiger partial charge is 0.501 e. The lowest BCUT2D eigenvalue weighted by Crippen LogP contribution is -2.44. The van der Waals surface area contributed by atoms with Crippen molar-refractivity contribution in [1.82, 2.24) is 30.4 Å². The molecule has 27 heavy (non-hydrogen) atoms. The molecule has 7 N–H and O–H groups in total. The minimum Gasteiger partial charge on any atom is -0.501 e. The molecule has 1 aliphatic heterocycles. The number of aliphatic hydroxyl groups excluding tert-OH is 1. The van der Waals surface area contributed by atoms with Crippen molar-refractivity contribution in [2.24, 2.45) is 0 Å². The molecule has 0 spiro atoms. The number of aliphatic hydroxyl groups is 1. The summed E-state index contributed by atoms with van der Waals surface area (Å²) in [6.07, 6.45) is 0. The van der Waals surface area contributed by atoms with Crippen molar-refractivity contribution in [2.75, 3.05) is 23.8 Å². The number of nitrogens with one attached hydrogen (secondary N) is 2. The zero-order valence-corrected chi connectivity index (χ0v) is 15.4. The van der Waals surface area contributed by atoms with Crippen molar-refractivity contribution < 1.29 is 24.2 Å². The molecule has 0 radical (unpaired) electrons. The molecule has 0 amide bonds. The third kappa shape index (κ3) is 3.63. The Morgan fingerprint density at radius 1 is 1.26 bits per heavy atom. The van der Waals surface area contributed by atoms with Crippen LogP contribution in [0.1, 0.15) is 6.92 Å². The zero-order valence-electron chi connectivity index (χ0n) is 13.8. The summed E-state index contributed by atoms with van der Waals surface area (Å²) in [5.41, 5.74) is 9.02. The van der Waals surface area contributed by atoms with E-state index in [1.165, 1.54) is 0 Å². The van der Waals surface area contributed by atoms with E-state index >= 15 is 0 Å². The molecule has 0 aromatic carbocycles. The Morgan fingerprint density at radius 3 is 2.44 bits per heavy atom. The van der Waals surface area contributed by atoms with Crippen molar-refractivity contribution >= 4 is 47.4 Å². The van der Waals surface area contributed by atoms with Crippen LogP contribution >= 0.6 is 23.5 Å². The lowest BCUT2D eigenvalue weighted by Gasteiger charge is -2.26. The average molecular weight is 414 g/mol. The minimum atomic E-state index is -1.93. The molecule has 1 atom stereocenters. The first-order valence-electron chi connectivity index (χ1n) is 7.36. The summed E-state index contributed by atoms with van der Waals surface area (Å²) in [5.74, 6) is -2.77. The molecule has 1 aliphatic rings. The molecule has 1 unspecified atom stereocenters. The summed E-state index contributed by atoms with van der Waals surface area (Å²) in [4.78, 5) is 32.4. The Kier molecular flexibility index (Phi) is 5.13. The summed E-state index contributed by atoms with van der Waals surface area (Å²) in [5, 5.41) is 23.0. The molecule has 0 fully saturated rings. The van der Waals surface area contributed by atoms with Crippen LogP contribution in [0.4, 0.5) is 11.9 Å². The maximum atomic E-state index is 12.7. The van der Waals surface area contributed by atoms with Gasteiger partial charge in [-0.2, -0.15) is 9.97 Å². The second kappa shape index (κ2) is 7.36. The molecule has 15 heteroatoms. The Balaban J connectivity index is 1.95. The fraction of sp³-hybridized carbons (Fsp3) is 0.333. The fourth-order valence-electron chi connectivity index (χ4n) is 2.09. The lowest BCUT2D eigenvalue weighted by atomic mass is 10.1. The minimum absolute atomic E-state index is 0.0233. The molecule has 0 aliphatic carbocycles. The van der Waals surface area contributed by atoms with Gasteiger partial charge < -0.3 is 26.0 Å². The van der Waals surface area contributed by atoms with Gasteiger partial charge in [0, 0.05) is 0 Å². The molecule has 0 saturated heterocycles. The SMILES string of the molecule is CCOC(=O)C1(CSc2n[nH]c(N)n2)OC(=O)C(O)=C1Sc1n[nH]c(N)n1. The molecule has 144 valence electrons. The monoisotopic (exact) mass is 414 g/mol. The van der Waals surface area contributed by atoms with Crippen molar-refractivity contribution in [3.05, 3.63) is 10.7 Å². The number of esters is 2. The van der Waals surface area contributed by atoms with Gasteiger partial charge in [-0.1, -0.05) is 11.8 Å². The number of rotatable bonds is 7. The van der Waals surface area contributed by atoms with E-state index in [4.69, 9.17) is 20.9 Å². The maximum absolute atomic E-state index is 12.7. The normalized spacial score (nSPS) is 19.4. The van der Waals surface area contributed by atoms with Crippen LogP contribution in [0.15, 0.2) is 21.0 Å². The van der Waals surface area contributed by atoms with Gasteiger partial charge in [-0.15, -0.1) is 10.2 Å². The number of H-pyrrole nitrogens is 2. The molecule has 0 bridgehead atoms. The molecule has 2 aromatic heterocycles. The Bertz CT molecular complexity index is 911.